The van der Waals surface area contributed by atoms with Crippen LogP contribution in [0.4, 0.5) is 0 Å². The lowest BCUT2D eigenvalue weighted by Crippen LogP contribution is -2.13. The van der Waals surface area contributed by atoms with E-state index in [1.54, 1.807) is 6.26 Å². The van der Waals surface area contributed by atoms with Gasteiger partial charge >= 0.3 is 0 Å². The molecule has 0 fully saturated rings. The molecule has 4 heteroatoms. The summed E-state index contributed by atoms with van der Waals surface area (Å²) in [6, 6.07) is 7.55. The Labute approximate surface area is 115 Å². The van der Waals surface area contributed by atoms with Crippen LogP contribution in [0.5, 0.6) is 5.75 Å². The molecule has 0 saturated heterocycles. The van der Waals surface area contributed by atoms with Crippen molar-refractivity contribution in [1.82, 2.24) is 0 Å². The normalized spacial score (nSPS) is 12.4. The first-order chi connectivity index (χ1) is 8.61. The van der Waals surface area contributed by atoms with Gasteiger partial charge in [0.1, 0.15) is 11.5 Å². The Morgan fingerprint density at radius 3 is 2.78 bits per heavy atom. The highest BCUT2D eigenvalue weighted by molar-refractivity contribution is 9.10. The van der Waals surface area contributed by atoms with Crippen molar-refractivity contribution < 1.29 is 9.15 Å². The molecule has 0 bridgehead atoms. The summed E-state index contributed by atoms with van der Waals surface area (Å²) in [5.41, 5.74) is 8.17. The SMILES string of the molecule is CCOc1ccc(Br)cc1C(N)c1coc(C)c1. The third kappa shape index (κ3) is 2.76. The molecule has 1 atom stereocenters. The zero-order valence-corrected chi connectivity index (χ0v) is 12.0. The number of nitrogens with two attached hydrogens (primary N) is 1. The summed E-state index contributed by atoms with van der Waals surface area (Å²) in [7, 11) is 0. The van der Waals surface area contributed by atoms with E-state index in [0.717, 1.165) is 27.1 Å². The number of halogens is 1. The first-order valence-corrected chi connectivity index (χ1v) is 6.64. The average Bonchev–Trinajstić information content (AvgIpc) is 2.77. The van der Waals surface area contributed by atoms with Gasteiger partial charge in [0.15, 0.2) is 0 Å². The topological polar surface area (TPSA) is 48.4 Å². The van der Waals surface area contributed by atoms with Crippen molar-refractivity contribution in [3.05, 3.63) is 51.9 Å². The van der Waals surface area contributed by atoms with Crippen molar-refractivity contribution in [2.45, 2.75) is 19.9 Å². The molecule has 1 heterocycles. The van der Waals surface area contributed by atoms with Gasteiger partial charge in [0.25, 0.3) is 0 Å². The summed E-state index contributed by atoms with van der Waals surface area (Å²) < 4.78 is 11.9. The minimum Gasteiger partial charge on any atom is -0.494 e. The highest BCUT2D eigenvalue weighted by Crippen LogP contribution is 2.31. The van der Waals surface area contributed by atoms with Gasteiger partial charge in [-0.15, -0.1) is 0 Å². The van der Waals surface area contributed by atoms with E-state index >= 15 is 0 Å². The van der Waals surface area contributed by atoms with E-state index in [0.29, 0.717) is 6.61 Å². The van der Waals surface area contributed by atoms with Crippen LogP contribution in [0, 0.1) is 6.92 Å². The molecule has 2 N–H and O–H groups in total. The van der Waals surface area contributed by atoms with Gasteiger partial charge in [-0.05, 0) is 38.1 Å². The first kappa shape index (κ1) is 13.2. The summed E-state index contributed by atoms with van der Waals surface area (Å²) in [5, 5.41) is 0. The van der Waals surface area contributed by atoms with E-state index in [-0.39, 0.29) is 6.04 Å². The number of aryl methyl sites for hydroxylation is 1. The van der Waals surface area contributed by atoms with Crippen molar-refractivity contribution >= 4 is 15.9 Å². The quantitative estimate of drug-likeness (QED) is 0.934. The van der Waals surface area contributed by atoms with Crippen LogP contribution in [0.15, 0.2) is 39.4 Å². The molecule has 0 saturated carbocycles. The molecule has 2 rings (SSSR count). The molecule has 3 nitrogen and oxygen atoms in total. The third-order valence-corrected chi connectivity index (χ3v) is 3.21. The number of hydrogen-bond acceptors (Lipinski definition) is 3. The van der Waals surface area contributed by atoms with Gasteiger partial charge < -0.3 is 14.9 Å². The van der Waals surface area contributed by atoms with Crippen LogP contribution in [-0.4, -0.2) is 6.61 Å². The fourth-order valence-corrected chi connectivity index (χ4v) is 2.23. The Kier molecular flexibility index (Phi) is 4.09. The molecule has 0 aliphatic heterocycles. The molecule has 0 spiro atoms. The van der Waals surface area contributed by atoms with E-state index in [2.05, 4.69) is 15.9 Å². The molecule has 18 heavy (non-hydrogen) atoms. The Hall–Kier alpha value is -1.26. The number of benzene rings is 1. The van der Waals surface area contributed by atoms with Crippen molar-refractivity contribution in [2.75, 3.05) is 6.61 Å². The molecule has 1 aromatic heterocycles. The Morgan fingerprint density at radius 1 is 1.39 bits per heavy atom. The molecule has 0 aliphatic carbocycles. The maximum absolute atomic E-state index is 6.27. The van der Waals surface area contributed by atoms with Gasteiger partial charge in [-0.2, -0.15) is 0 Å². The number of hydrogen-bond donors (Lipinski definition) is 1. The molecular weight excluding hydrogens is 294 g/mol. The fraction of sp³-hybridized carbons (Fsp3) is 0.286. The largest absolute Gasteiger partial charge is 0.494 e. The van der Waals surface area contributed by atoms with Crippen LogP contribution in [0.25, 0.3) is 0 Å². The molecule has 0 aliphatic rings. The van der Waals surface area contributed by atoms with Gasteiger partial charge in [0.05, 0.1) is 18.9 Å². The smallest absolute Gasteiger partial charge is 0.124 e. The molecule has 0 amide bonds. The van der Waals surface area contributed by atoms with Crippen LogP contribution in [-0.2, 0) is 0 Å². The van der Waals surface area contributed by atoms with Gasteiger partial charge in [0, 0.05) is 15.6 Å². The predicted molar refractivity (Wildman–Crippen MR) is 74.8 cm³/mol. The average molecular weight is 310 g/mol. The lowest BCUT2D eigenvalue weighted by atomic mass is 10.0. The standard InChI is InChI=1S/C14H16BrNO2/c1-3-17-13-5-4-11(15)7-12(13)14(16)10-6-9(2)18-8-10/h4-8,14H,3,16H2,1-2H3. The maximum Gasteiger partial charge on any atom is 0.124 e. The molecule has 0 radical (unpaired) electrons. The van der Waals surface area contributed by atoms with Crippen LogP contribution in [0.1, 0.15) is 29.9 Å². The second-order valence-electron chi connectivity index (χ2n) is 4.08. The molecule has 96 valence electrons. The summed E-state index contributed by atoms with van der Waals surface area (Å²) in [6.07, 6.45) is 1.69. The number of ether oxygens (including phenoxy) is 1. The van der Waals surface area contributed by atoms with Crippen molar-refractivity contribution in [3.63, 3.8) is 0 Å². The minimum absolute atomic E-state index is 0.249. The second kappa shape index (κ2) is 5.59. The second-order valence-corrected chi connectivity index (χ2v) is 5.00. The van der Waals surface area contributed by atoms with Crippen molar-refractivity contribution in [3.8, 4) is 5.75 Å². The summed E-state index contributed by atoms with van der Waals surface area (Å²) >= 11 is 3.46. The van der Waals surface area contributed by atoms with Crippen LogP contribution >= 0.6 is 15.9 Å². The highest BCUT2D eigenvalue weighted by Gasteiger charge is 2.16. The van der Waals surface area contributed by atoms with Crippen LogP contribution in [0.3, 0.4) is 0 Å². The zero-order chi connectivity index (χ0) is 13.1. The van der Waals surface area contributed by atoms with Gasteiger partial charge in [-0.25, -0.2) is 0 Å². The molecule has 1 unspecified atom stereocenters. The molecule has 2 aromatic rings. The number of furan rings is 1. The van der Waals surface area contributed by atoms with Crippen molar-refractivity contribution in [1.29, 1.82) is 0 Å². The number of rotatable bonds is 4. The Balaban J connectivity index is 2.39. The third-order valence-electron chi connectivity index (χ3n) is 2.72. The van der Waals surface area contributed by atoms with E-state index in [9.17, 15) is 0 Å². The highest BCUT2D eigenvalue weighted by atomic mass is 79.9. The summed E-state index contributed by atoms with van der Waals surface area (Å²) in [4.78, 5) is 0. The van der Waals surface area contributed by atoms with Crippen LogP contribution < -0.4 is 10.5 Å². The van der Waals surface area contributed by atoms with Gasteiger partial charge in [-0.3, -0.25) is 0 Å². The fourth-order valence-electron chi connectivity index (χ4n) is 1.86. The van der Waals surface area contributed by atoms with Crippen LogP contribution in [0.2, 0.25) is 0 Å². The van der Waals surface area contributed by atoms with E-state index in [4.69, 9.17) is 14.9 Å². The van der Waals surface area contributed by atoms with E-state index in [1.165, 1.54) is 0 Å². The summed E-state index contributed by atoms with van der Waals surface area (Å²) in [5.74, 6) is 1.67. The van der Waals surface area contributed by atoms with Crippen molar-refractivity contribution in [2.24, 2.45) is 5.73 Å². The maximum atomic E-state index is 6.27. The summed E-state index contributed by atoms with van der Waals surface area (Å²) in [6.45, 7) is 4.48. The lowest BCUT2D eigenvalue weighted by Gasteiger charge is -2.15. The van der Waals surface area contributed by atoms with E-state index < -0.39 is 0 Å². The van der Waals surface area contributed by atoms with Gasteiger partial charge in [-0.1, -0.05) is 15.9 Å². The Bertz CT molecular complexity index is 536. The zero-order valence-electron chi connectivity index (χ0n) is 10.4. The minimum atomic E-state index is -0.249. The molecular formula is C14H16BrNO2. The van der Waals surface area contributed by atoms with Gasteiger partial charge in [0.2, 0.25) is 0 Å². The Morgan fingerprint density at radius 2 is 2.17 bits per heavy atom. The lowest BCUT2D eigenvalue weighted by molar-refractivity contribution is 0.335. The molecule has 1 aromatic carbocycles. The monoisotopic (exact) mass is 309 g/mol. The first-order valence-electron chi connectivity index (χ1n) is 5.84. The predicted octanol–water partition coefficient (Wildman–Crippen LogP) is 3.80. The van der Waals surface area contributed by atoms with E-state index in [1.807, 2.05) is 38.1 Å².